The van der Waals surface area contributed by atoms with E-state index in [1.54, 1.807) is 19.1 Å². The third-order valence-electron chi connectivity index (χ3n) is 3.83. The Hall–Kier alpha value is -3.72. The van der Waals surface area contributed by atoms with Crippen LogP contribution < -0.4 is 9.47 Å². The van der Waals surface area contributed by atoms with Crippen molar-refractivity contribution in [2.45, 2.75) is 13.8 Å². The highest BCUT2D eigenvalue weighted by Crippen LogP contribution is 2.31. The SMILES string of the molecule is CCOc1cc(C=C2N=C(c3ccc(Cl)c([N+](=O)[O-])c3)OC2=O)ccc1OC(C)=O. The number of ether oxygens (including phenoxy) is 3. The van der Waals surface area contributed by atoms with Gasteiger partial charge in [0.15, 0.2) is 17.2 Å². The number of halogens is 1. The molecule has 154 valence electrons. The normalized spacial score (nSPS) is 14.3. The predicted octanol–water partition coefficient (Wildman–Crippen LogP) is 3.92. The Kier molecular flexibility index (Phi) is 6.12. The van der Waals surface area contributed by atoms with Gasteiger partial charge in [0.05, 0.1) is 11.5 Å². The number of nitro groups is 1. The van der Waals surface area contributed by atoms with Crippen LogP contribution in [-0.2, 0) is 14.3 Å². The Balaban J connectivity index is 1.94. The predicted molar refractivity (Wildman–Crippen MR) is 108 cm³/mol. The molecule has 9 nitrogen and oxygen atoms in total. The lowest BCUT2D eigenvalue weighted by Gasteiger charge is -2.10. The number of carbonyl (C=O) groups excluding carboxylic acids is 2. The van der Waals surface area contributed by atoms with Crippen molar-refractivity contribution in [3.8, 4) is 11.5 Å². The number of rotatable bonds is 6. The Morgan fingerprint density at radius 2 is 2.03 bits per heavy atom. The van der Waals surface area contributed by atoms with Crippen molar-refractivity contribution in [2.24, 2.45) is 4.99 Å². The fourth-order valence-corrected chi connectivity index (χ4v) is 2.78. The van der Waals surface area contributed by atoms with Gasteiger partial charge in [0.2, 0.25) is 5.90 Å². The van der Waals surface area contributed by atoms with Crippen molar-refractivity contribution in [1.29, 1.82) is 0 Å². The lowest BCUT2D eigenvalue weighted by Crippen LogP contribution is -2.06. The molecule has 30 heavy (non-hydrogen) atoms. The molecule has 0 amide bonds. The largest absolute Gasteiger partial charge is 0.490 e. The summed E-state index contributed by atoms with van der Waals surface area (Å²) in [6, 6.07) is 8.70. The first kappa shape index (κ1) is 21.0. The van der Waals surface area contributed by atoms with Crippen molar-refractivity contribution < 1.29 is 28.7 Å². The standard InChI is InChI=1S/C20H15ClN2O7/c1-3-28-18-9-12(4-7-17(18)29-11(2)24)8-15-20(25)30-19(22-15)13-5-6-14(21)16(10-13)23(26)27/h4-10H,3H2,1-2H3. The van der Waals surface area contributed by atoms with Crippen molar-refractivity contribution in [1.82, 2.24) is 0 Å². The van der Waals surface area contributed by atoms with Crippen LogP contribution in [0.25, 0.3) is 6.08 Å². The molecule has 2 aromatic carbocycles. The van der Waals surface area contributed by atoms with Crippen LogP contribution in [0.5, 0.6) is 11.5 Å². The average Bonchev–Trinajstić information content (AvgIpc) is 3.04. The minimum atomic E-state index is -0.718. The first-order valence-electron chi connectivity index (χ1n) is 8.70. The molecule has 0 aromatic heterocycles. The van der Waals surface area contributed by atoms with Crippen LogP contribution in [0, 0.1) is 10.1 Å². The number of nitrogens with zero attached hydrogens (tertiary/aromatic N) is 2. The highest BCUT2D eigenvalue weighted by molar-refractivity contribution is 6.32. The van der Waals surface area contributed by atoms with Gasteiger partial charge in [-0.15, -0.1) is 0 Å². The smallest absolute Gasteiger partial charge is 0.363 e. The van der Waals surface area contributed by atoms with Crippen molar-refractivity contribution in [3.05, 3.63) is 68.4 Å². The zero-order chi connectivity index (χ0) is 21.8. The topological polar surface area (TPSA) is 117 Å². The molecule has 10 heteroatoms. The molecular weight excluding hydrogens is 416 g/mol. The number of carbonyl (C=O) groups is 2. The van der Waals surface area contributed by atoms with E-state index in [4.69, 9.17) is 25.8 Å². The van der Waals surface area contributed by atoms with Crippen LogP contribution in [-0.4, -0.2) is 29.4 Å². The molecule has 1 aliphatic rings. The van der Waals surface area contributed by atoms with Gasteiger partial charge in [-0.2, -0.15) is 0 Å². The summed E-state index contributed by atoms with van der Waals surface area (Å²) in [5, 5.41) is 11.0. The number of hydrogen-bond donors (Lipinski definition) is 0. The van der Waals surface area contributed by atoms with Gasteiger partial charge in [-0.25, -0.2) is 9.79 Å². The molecule has 0 saturated heterocycles. The van der Waals surface area contributed by atoms with E-state index < -0.39 is 16.9 Å². The molecule has 1 aliphatic heterocycles. The van der Waals surface area contributed by atoms with Gasteiger partial charge in [-0.3, -0.25) is 14.9 Å². The van der Waals surface area contributed by atoms with Gasteiger partial charge in [0, 0.05) is 18.6 Å². The third kappa shape index (κ3) is 4.64. The highest BCUT2D eigenvalue weighted by Gasteiger charge is 2.26. The maximum absolute atomic E-state index is 12.2. The van der Waals surface area contributed by atoms with Crippen molar-refractivity contribution in [2.75, 3.05) is 6.61 Å². The van der Waals surface area contributed by atoms with Crippen LogP contribution in [0.4, 0.5) is 5.69 Å². The van der Waals surface area contributed by atoms with Gasteiger partial charge in [0.1, 0.15) is 5.02 Å². The van der Waals surface area contributed by atoms with Crippen LogP contribution in [0.1, 0.15) is 25.0 Å². The van der Waals surface area contributed by atoms with Crippen LogP contribution in [0.15, 0.2) is 47.1 Å². The summed E-state index contributed by atoms with van der Waals surface area (Å²) < 4.78 is 15.7. The molecule has 0 saturated carbocycles. The maximum Gasteiger partial charge on any atom is 0.363 e. The molecule has 0 spiro atoms. The van der Waals surface area contributed by atoms with E-state index in [-0.39, 0.29) is 33.6 Å². The van der Waals surface area contributed by atoms with Crippen molar-refractivity contribution >= 4 is 41.2 Å². The van der Waals surface area contributed by atoms with E-state index in [9.17, 15) is 19.7 Å². The number of hydrogen-bond acceptors (Lipinski definition) is 8. The Labute approximate surface area is 175 Å². The second-order valence-electron chi connectivity index (χ2n) is 5.99. The summed E-state index contributed by atoms with van der Waals surface area (Å²) in [5.74, 6) is -0.714. The molecule has 2 aromatic rings. The molecule has 0 bridgehead atoms. The van der Waals surface area contributed by atoms with Gasteiger partial charge in [0.25, 0.3) is 5.69 Å². The summed E-state index contributed by atoms with van der Waals surface area (Å²) in [5.41, 5.74) is 0.453. The molecule has 0 N–H and O–H groups in total. The molecule has 0 radical (unpaired) electrons. The lowest BCUT2D eigenvalue weighted by molar-refractivity contribution is -0.384. The van der Waals surface area contributed by atoms with Gasteiger partial charge >= 0.3 is 11.9 Å². The molecule has 0 unspecified atom stereocenters. The minimum Gasteiger partial charge on any atom is -0.490 e. The monoisotopic (exact) mass is 430 g/mol. The summed E-state index contributed by atoms with van der Waals surface area (Å²) in [6.45, 7) is 3.39. The second-order valence-corrected chi connectivity index (χ2v) is 6.40. The molecule has 0 fully saturated rings. The Morgan fingerprint density at radius 3 is 2.70 bits per heavy atom. The second kappa shape index (κ2) is 8.75. The summed E-state index contributed by atoms with van der Waals surface area (Å²) >= 11 is 5.80. The third-order valence-corrected chi connectivity index (χ3v) is 4.15. The summed E-state index contributed by atoms with van der Waals surface area (Å²) in [4.78, 5) is 38.0. The van der Waals surface area contributed by atoms with Gasteiger partial charge in [-0.1, -0.05) is 17.7 Å². The van der Waals surface area contributed by atoms with Gasteiger partial charge in [-0.05, 0) is 42.8 Å². The fraction of sp³-hybridized carbons (Fsp3) is 0.150. The van der Waals surface area contributed by atoms with E-state index in [1.165, 1.54) is 37.3 Å². The Bertz CT molecular complexity index is 1110. The fourth-order valence-electron chi connectivity index (χ4n) is 2.60. The average molecular weight is 431 g/mol. The molecule has 3 rings (SSSR count). The lowest BCUT2D eigenvalue weighted by atomic mass is 10.1. The first-order chi connectivity index (χ1) is 14.3. The molecular formula is C20H15ClN2O7. The molecule has 1 heterocycles. The van der Waals surface area contributed by atoms with Crippen LogP contribution in [0.3, 0.4) is 0 Å². The van der Waals surface area contributed by atoms with Crippen LogP contribution in [0.2, 0.25) is 5.02 Å². The maximum atomic E-state index is 12.2. The number of benzene rings is 2. The summed E-state index contributed by atoms with van der Waals surface area (Å²) in [6.07, 6.45) is 1.46. The first-order valence-corrected chi connectivity index (χ1v) is 9.08. The number of aliphatic imine (C=N–C) groups is 1. The van der Waals surface area contributed by atoms with E-state index in [0.717, 1.165) is 0 Å². The number of nitro benzene ring substituents is 1. The highest BCUT2D eigenvalue weighted by atomic mass is 35.5. The van der Waals surface area contributed by atoms with Crippen molar-refractivity contribution in [3.63, 3.8) is 0 Å². The van der Waals surface area contributed by atoms with Gasteiger partial charge < -0.3 is 14.2 Å². The van der Waals surface area contributed by atoms with E-state index in [1.807, 2.05) is 0 Å². The van der Waals surface area contributed by atoms with E-state index in [0.29, 0.717) is 17.9 Å². The van der Waals surface area contributed by atoms with E-state index >= 15 is 0 Å². The number of cyclic esters (lactones) is 1. The Morgan fingerprint density at radius 1 is 1.27 bits per heavy atom. The van der Waals surface area contributed by atoms with Crippen LogP contribution >= 0.6 is 11.6 Å². The zero-order valence-corrected chi connectivity index (χ0v) is 16.6. The zero-order valence-electron chi connectivity index (χ0n) is 15.9. The molecule has 0 atom stereocenters. The minimum absolute atomic E-state index is 0.00899. The van der Waals surface area contributed by atoms with E-state index in [2.05, 4.69) is 4.99 Å². The number of esters is 2. The molecule has 0 aliphatic carbocycles. The summed E-state index contributed by atoms with van der Waals surface area (Å²) in [7, 11) is 0. The quantitative estimate of drug-likeness (QED) is 0.224.